The molecule has 0 aromatic carbocycles. The van der Waals surface area contributed by atoms with Gasteiger partial charge in [0.15, 0.2) is 5.96 Å². The van der Waals surface area contributed by atoms with Crippen molar-refractivity contribution in [3.8, 4) is 0 Å². The molecule has 5 unspecified atom stereocenters. The van der Waals surface area contributed by atoms with Crippen molar-refractivity contribution < 1.29 is 34.2 Å². The summed E-state index contributed by atoms with van der Waals surface area (Å²) in [4.78, 5) is 71.4. The van der Waals surface area contributed by atoms with E-state index in [0.717, 1.165) is 0 Å². The zero-order valence-corrected chi connectivity index (χ0v) is 20.9. The standard InChI is InChI=1S/C21H36N10O7/c1-10(32)16(19(36)29-13(20(37)38)3-2-6-27-21(24)25)31-18(35)14(7-11-8-26-9-28-11)30-17(34)12(22)4-5-15(23)33/h8-10,12-14,16,32H,2-7,22H2,1H3,(H2,23,33)(H,26,28)(H,29,36)(H,30,34)(H,31,35)(H,37,38)(H4,24,25,27). The van der Waals surface area contributed by atoms with E-state index in [2.05, 4.69) is 30.9 Å². The number of aliphatic imine (C=N–C) groups is 1. The fraction of sp³-hybridized carbons (Fsp3) is 0.571. The number of aliphatic hydroxyl groups excluding tert-OH is 1. The number of carboxylic acids is 1. The summed E-state index contributed by atoms with van der Waals surface area (Å²) < 4.78 is 0. The molecule has 0 aliphatic carbocycles. The van der Waals surface area contributed by atoms with Gasteiger partial charge in [-0.2, -0.15) is 0 Å². The maximum Gasteiger partial charge on any atom is 0.326 e. The van der Waals surface area contributed by atoms with E-state index < -0.39 is 59.9 Å². The number of aromatic nitrogens is 2. The maximum absolute atomic E-state index is 13.1. The molecule has 0 spiro atoms. The summed E-state index contributed by atoms with van der Waals surface area (Å²) in [6.07, 6.45) is 1.25. The van der Waals surface area contributed by atoms with Crippen molar-refractivity contribution in [2.45, 2.75) is 69.3 Å². The van der Waals surface area contributed by atoms with E-state index in [4.69, 9.17) is 22.9 Å². The first kappa shape index (κ1) is 31.8. The molecule has 14 N–H and O–H groups in total. The molecule has 0 bridgehead atoms. The number of carbonyl (C=O) groups excluding carboxylic acids is 4. The lowest BCUT2D eigenvalue weighted by molar-refractivity contribution is -0.143. The van der Waals surface area contributed by atoms with Gasteiger partial charge in [-0.3, -0.25) is 24.2 Å². The molecule has 17 heteroatoms. The molecule has 0 saturated carbocycles. The summed E-state index contributed by atoms with van der Waals surface area (Å²) in [6, 6.07) is -5.33. The van der Waals surface area contributed by atoms with Crippen molar-refractivity contribution in [2.75, 3.05) is 6.54 Å². The number of aromatic amines is 1. The fourth-order valence-corrected chi connectivity index (χ4v) is 3.21. The minimum atomic E-state index is -1.56. The molecule has 17 nitrogen and oxygen atoms in total. The molecular weight excluding hydrogens is 504 g/mol. The first-order valence-corrected chi connectivity index (χ1v) is 11.7. The number of hydrogen-bond acceptors (Lipinski definition) is 9. The number of aliphatic hydroxyl groups is 1. The smallest absolute Gasteiger partial charge is 0.326 e. The van der Waals surface area contributed by atoms with Crippen molar-refractivity contribution >= 4 is 35.6 Å². The Morgan fingerprint density at radius 1 is 1.03 bits per heavy atom. The van der Waals surface area contributed by atoms with Crippen LogP contribution in [0.25, 0.3) is 0 Å². The van der Waals surface area contributed by atoms with Crippen LogP contribution in [0.3, 0.4) is 0 Å². The first-order chi connectivity index (χ1) is 17.8. The number of carboxylic acid groups (broad SMARTS) is 1. The van der Waals surface area contributed by atoms with Gasteiger partial charge in [0.05, 0.1) is 18.5 Å². The molecule has 4 amide bonds. The van der Waals surface area contributed by atoms with Crippen molar-refractivity contribution in [2.24, 2.45) is 27.9 Å². The van der Waals surface area contributed by atoms with Gasteiger partial charge in [-0.15, -0.1) is 0 Å². The quantitative estimate of drug-likeness (QED) is 0.0510. The van der Waals surface area contributed by atoms with Gasteiger partial charge in [0.1, 0.15) is 18.1 Å². The highest BCUT2D eigenvalue weighted by Crippen LogP contribution is 2.05. The molecular formula is C21H36N10O7. The van der Waals surface area contributed by atoms with Crippen LogP contribution in [0.2, 0.25) is 0 Å². The SMILES string of the molecule is CC(O)C(NC(=O)C(Cc1cnc[nH]1)NC(=O)C(N)CCC(N)=O)C(=O)NC(CCCN=C(N)N)C(=O)O. The summed E-state index contributed by atoms with van der Waals surface area (Å²) in [7, 11) is 0. The zero-order valence-electron chi connectivity index (χ0n) is 20.9. The lowest BCUT2D eigenvalue weighted by Gasteiger charge is -2.26. The number of amides is 4. The van der Waals surface area contributed by atoms with Crippen molar-refractivity contribution in [3.63, 3.8) is 0 Å². The second-order valence-corrected chi connectivity index (χ2v) is 8.53. The predicted octanol–water partition coefficient (Wildman–Crippen LogP) is -4.48. The lowest BCUT2D eigenvalue weighted by atomic mass is 10.1. The number of nitrogens with one attached hydrogen (secondary N) is 4. The van der Waals surface area contributed by atoms with E-state index in [0.29, 0.717) is 5.69 Å². The van der Waals surface area contributed by atoms with E-state index in [1.807, 2.05) is 0 Å². The number of H-pyrrole nitrogens is 1. The summed E-state index contributed by atoms with van der Waals surface area (Å²) >= 11 is 0. The number of imidazole rings is 1. The minimum Gasteiger partial charge on any atom is -0.480 e. The molecule has 0 radical (unpaired) electrons. The second kappa shape index (κ2) is 15.8. The number of rotatable bonds is 17. The number of nitrogens with zero attached hydrogens (tertiary/aromatic N) is 2. The third-order valence-corrected chi connectivity index (χ3v) is 5.27. The average molecular weight is 541 g/mol. The number of aliphatic carboxylic acids is 1. The molecule has 0 aliphatic heterocycles. The van der Waals surface area contributed by atoms with Crippen LogP contribution in [0.15, 0.2) is 17.5 Å². The Labute approximate surface area is 218 Å². The van der Waals surface area contributed by atoms with E-state index in [1.165, 1.54) is 19.4 Å². The molecule has 38 heavy (non-hydrogen) atoms. The zero-order chi connectivity index (χ0) is 28.8. The Kier molecular flexibility index (Phi) is 13.2. The highest BCUT2D eigenvalue weighted by Gasteiger charge is 2.33. The molecule has 0 saturated heterocycles. The maximum atomic E-state index is 13.1. The van der Waals surface area contributed by atoms with Crippen LogP contribution in [0.4, 0.5) is 0 Å². The number of nitrogens with two attached hydrogens (primary N) is 4. The normalized spacial score (nSPS) is 14.7. The van der Waals surface area contributed by atoms with E-state index in [1.54, 1.807) is 0 Å². The van der Waals surface area contributed by atoms with Crippen LogP contribution in [0.5, 0.6) is 0 Å². The van der Waals surface area contributed by atoms with Gasteiger partial charge in [-0.05, 0) is 26.2 Å². The Hall–Kier alpha value is -4.25. The van der Waals surface area contributed by atoms with Gasteiger partial charge in [-0.1, -0.05) is 0 Å². The van der Waals surface area contributed by atoms with E-state index >= 15 is 0 Å². The fourth-order valence-electron chi connectivity index (χ4n) is 3.21. The molecule has 1 heterocycles. The molecule has 0 aliphatic rings. The topological polar surface area (TPSA) is 307 Å². The van der Waals surface area contributed by atoms with Crippen LogP contribution in [-0.2, 0) is 30.4 Å². The summed E-state index contributed by atoms with van der Waals surface area (Å²) in [5.74, 6) is -4.74. The van der Waals surface area contributed by atoms with Crippen molar-refractivity contribution in [1.29, 1.82) is 0 Å². The van der Waals surface area contributed by atoms with Crippen LogP contribution in [0, 0.1) is 0 Å². The van der Waals surface area contributed by atoms with Gasteiger partial charge in [0, 0.05) is 31.3 Å². The van der Waals surface area contributed by atoms with Gasteiger partial charge in [0.25, 0.3) is 0 Å². The molecule has 0 fully saturated rings. The monoisotopic (exact) mass is 540 g/mol. The average Bonchev–Trinajstić information content (AvgIpc) is 3.34. The Balaban J connectivity index is 2.96. The number of primary amides is 1. The summed E-state index contributed by atoms with van der Waals surface area (Å²) in [5, 5.41) is 26.7. The number of carbonyl (C=O) groups is 5. The van der Waals surface area contributed by atoms with Crippen LogP contribution >= 0.6 is 0 Å². The Bertz CT molecular complexity index is 979. The summed E-state index contributed by atoms with van der Waals surface area (Å²) in [6.45, 7) is 1.36. The third kappa shape index (κ3) is 11.7. The molecule has 212 valence electrons. The number of guanidine groups is 1. The van der Waals surface area contributed by atoms with Gasteiger partial charge < -0.3 is 54.1 Å². The molecule has 1 aromatic heterocycles. The van der Waals surface area contributed by atoms with Crippen molar-refractivity contribution in [3.05, 3.63) is 18.2 Å². The van der Waals surface area contributed by atoms with Gasteiger partial charge >= 0.3 is 5.97 Å². The van der Waals surface area contributed by atoms with Crippen LogP contribution in [0.1, 0.15) is 38.3 Å². The van der Waals surface area contributed by atoms with Crippen molar-refractivity contribution in [1.82, 2.24) is 25.9 Å². The minimum absolute atomic E-state index is 0.0278. The molecule has 1 rings (SSSR count). The summed E-state index contributed by atoms with van der Waals surface area (Å²) in [5.41, 5.74) is 21.8. The highest BCUT2D eigenvalue weighted by molar-refractivity contribution is 5.94. The van der Waals surface area contributed by atoms with E-state index in [-0.39, 0.29) is 44.6 Å². The lowest BCUT2D eigenvalue weighted by Crippen LogP contribution is -2.60. The number of hydrogen-bond donors (Lipinski definition) is 10. The third-order valence-electron chi connectivity index (χ3n) is 5.27. The Morgan fingerprint density at radius 3 is 2.21 bits per heavy atom. The molecule has 1 aromatic rings. The van der Waals surface area contributed by atoms with Gasteiger partial charge in [-0.25, -0.2) is 9.78 Å². The van der Waals surface area contributed by atoms with Gasteiger partial charge in [0.2, 0.25) is 23.6 Å². The predicted molar refractivity (Wildman–Crippen MR) is 134 cm³/mol. The second-order valence-electron chi connectivity index (χ2n) is 8.53. The first-order valence-electron chi connectivity index (χ1n) is 11.7. The largest absolute Gasteiger partial charge is 0.480 e. The Morgan fingerprint density at radius 2 is 1.68 bits per heavy atom. The molecule has 5 atom stereocenters. The van der Waals surface area contributed by atoms with Crippen LogP contribution < -0.4 is 38.9 Å². The van der Waals surface area contributed by atoms with E-state index in [9.17, 15) is 34.2 Å². The highest BCUT2D eigenvalue weighted by atomic mass is 16.4. The van der Waals surface area contributed by atoms with Crippen LogP contribution in [-0.4, -0.2) is 92.6 Å².